The minimum Gasteiger partial charge on any atom is -0.326 e. The predicted molar refractivity (Wildman–Crippen MR) is 59.6 cm³/mol. The molecule has 0 fully saturated rings. The van der Waals surface area contributed by atoms with Gasteiger partial charge in [0.25, 0.3) is 0 Å². The molecule has 2 N–H and O–H groups in total. The molecule has 0 bridgehead atoms. The van der Waals surface area contributed by atoms with Crippen LogP contribution < -0.4 is 5.73 Å². The first-order chi connectivity index (χ1) is 8.13. The zero-order chi connectivity index (χ0) is 12.4. The first-order valence-corrected chi connectivity index (χ1v) is 5.06. The molecule has 0 saturated heterocycles. The summed E-state index contributed by atoms with van der Waals surface area (Å²) < 4.78 is 40.6. The Kier molecular flexibility index (Phi) is 3.15. The highest BCUT2D eigenvalue weighted by molar-refractivity contribution is 5.66. The topological polar surface area (TPSA) is 26.0 Å². The van der Waals surface area contributed by atoms with Crippen molar-refractivity contribution in [2.45, 2.75) is 6.54 Å². The molecule has 0 radical (unpaired) electrons. The second kappa shape index (κ2) is 4.59. The van der Waals surface area contributed by atoms with Crippen LogP contribution >= 0.6 is 0 Å². The van der Waals surface area contributed by atoms with Crippen molar-refractivity contribution in [1.29, 1.82) is 0 Å². The summed E-state index contributed by atoms with van der Waals surface area (Å²) in [5, 5.41) is 0. The minimum atomic E-state index is -0.793. The Morgan fingerprint density at radius 1 is 0.882 bits per heavy atom. The van der Waals surface area contributed by atoms with Gasteiger partial charge in [0.15, 0.2) is 0 Å². The second-order valence-corrected chi connectivity index (χ2v) is 3.61. The molecular weight excluding hydrogens is 227 g/mol. The maximum Gasteiger partial charge on any atom is 0.134 e. The summed E-state index contributed by atoms with van der Waals surface area (Å²) >= 11 is 0. The van der Waals surface area contributed by atoms with Crippen LogP contribution in [0.1, 0.15) is 5.56 Å². The Hall–Kier alpha value is -1.81. The molecule has 0 aliphatic carbocycles. The Bertz CT molecular complexity index is 532. The molecule has 0 unspecified atom stereocenters. The first-order valence-electron chi connectivity index (χ1n) is 5.06. The third kappa shape index (κ3) is 2.17. The fraction of sp³-hybridized carbons (Fsp3) is 0.0769. The van der Waals surface area contributed by atoms with Crippen molar-refractivity contribution in [3.05, 3.63) is 59.4 Å². The molecule has 17 heavy (non-hydrogen) atoms. The van der Waals surface area contributed by atoms with E-state index in [1.54, 1.807) is 0 Å². The molecule has 0 aromatic heterocycles. The molecule has 0 aliphatic rings. The number of rotatable bonds is 2. The SMILES string of the molecule is NCc1ccc(F)c(-c2c(F)cccc2F)c1. The number of hydrogen-bond donors (Lipinski definition) is 1. The monoisotopic (exact) mass is 237 g/mol. The van der Waals surface area contributed by atoms with E-state index in [9.17, 15) is 13.2 Å². The van der Waals surface area contributed by atoms with Crippen molar-refractivity contribution in [2.24, 2.45) is 5.73 Å². The molecule has 0 amide bonds. The molecule has 2 aromatic carbocycles. The quantitative estimate of drug-likeness (QED) is 0.852. The van der Waals surface area contributed by atoms with Crippen LogP contribution in [0.5, 0.6) is 0 Å². The minimum absolute atomic E-state index is 0.108. The molecule has 88 valence electrons. The van der Waals surface area contributed by atoms with Crippen LogP contribution in [0.2, 0.25) is 0 Å². The molecule has 0 aliphatic heterocycles. The van der Waals surface area contributed by atoms with E-state index in [-0.39, 0.29) is 17.7 Å². The van der Waals surface area contributed by atoms with E-state index in [1.165, 1.54) is 18.2 Å². The van der Waals surface area contributed by atoms with Crippen LogP contribution in [0.4, 0.5) is 13.2 Å². The fourth-order valence-electron chi connectivity index (χ4n) is 1.65. The zero-order valence-electron chi connectivity index (χ0n) is 8.88. The molecule has 4 heteroatoms. The van der Waals surface area contributed by atoms with Crippen molar-refractivity contribution < 1.29 is 13.2 Å². The van der Waals surface area contributed by atoms with Gasteiger partial charge in [-0.25, -0.2) is 13.2 Å². The maximum absolute atomic E-state index is 13.6. The van der Waals surface area contributed by atoms with E-state index in [0.717, 1.165) is 18.2 Å². The van der Waals surface area contributed by atoms with Crippen LogP contribution in [-0.2, 0) is 6.54 Å². The number of hydrogen-bond acceptors (Lipinski definition) is 1. The van der Waals surface area contributed by atoms with Crippen molar-refractivity contribution in [3.8, 4) is 11.1 Å². The lowest BCUT2D eigenvalue weighted by atomic mass is 10.0. The highest BCUT2D eigenvalue weighted by atomic mass is 19.1. The van der Waals surface area contributed by atoms with Crippen molar-refractivity contribution in [3.63, 3.8) is 0 Å². The van der Waals surface area contributed by atoms with Gasteiger partial charge in [0.2, 0.25) is 0 Å². The standard InChI is InChI=1S/C13H10F3N/c14-10-5-4-8(7-17)6-9(10)13-11(15)2-1-3-12(13)16/h1-6H,7,17H2. The van der Waals surface area contributed by atoms with E-state index in [4.69, 9.17) is 5.73 Å². The summed E-state index contributed by atoms with van der Waals surface area (Å²) in [6.07, 6.45) is 0. The van der Waals surface area contributed by atoms with E-state index < -0.39 is 17.5 Å². The Labute approximate surface area is 96.7 Å². The molecule has 0 saturated carbocycles. The first kappa shape index (κ1) is 11.7. The summed E-state index contributed by atoms with van der Waals surface area (Å²) in [4.78, 5) is 0. The Morgan fingerprint density at radius 2 is 1.53 bits per heavy atom. The highest BCUT2D eigenvalue weighted by Gasteiger charge is 2.15. The molecule has 2 rings (SSSR count). The molecule has 0 atom stereocenters. The van der Waals surface area contributed by atoms with Gasteiger partial charge < -0.3 is 5.73 Å². The van der Waals surface area contributed by atoms with Crippen LogP contribution in [0.3, 0.4) is 0 Å². The summed E-state index contributed by atoms with van der Waals surface area (Å²) in [6.45, 7) is 0.184. The third-order valence-electron chi connectivity index (χ3n) is 2.50. The Balaban J connectivity index is 2.67. The molecular formula is C13H10F3N. The van der Waals surface area contributed by atoms with Gasteiger partial charge in [-0.15, -0.1) is 0 Å². The Morgan fingerprint density at radius 3 is 2.12 bits per heavy atom. The number of nitrogens with two attached hydrogens (primary N) is 1. The molecule has 0 spiro atoms. The van der Waals surface area contributed by atoms with E-state index in [1.807, 2.05) is 0 Å². The molecule has 0 heterocycles. The number of benzene rings is 2. The largest absolute Gasteiger partial charge is 0.326 e. The van der Waals surface area contributed by atoms with Crippen molar-refractivity contribution in [1.82, 2.24) is 0 Å². The normalized spacial score (nSPS) is 10.6. The maximum atomic E-state index is 13.6. The number of halogens is 3. The average Bonchev–Trinajstić information content (AvgIpc) is 2.31. The predicted octanol–water partition coefficient (Wildman–Crippen LogP) is 3.23. The van der Waals surface area contributed by atoms with Crippen molar-refractivity contribution >= 4 is 0 Å². The van der Waals surface area contributed by atoms with Crippen LogP contribution in [-0.4, -0.2) is 0 Å². The van der Waals surface area contributed by atoms with Gasteiger partial charge in [0.05, 0.1) is 5.56 Å². The zero-order valence-corrected chi connectivity index (χ0v) is 8.88. The average molecular weight is 237 g/mol. The third-order valence-corrected chi connectivity index (χ3v) is 2.50. The summed E-state index contributed by atoms with van der Waals surface area (Å²) in [5.74, 6) is -2.26. The smallest absolute Gasteiger partial charge is 0.134 e. The van der Waals surface area contributed by atoms with Gasteiger partial charge >= 0.3 is 0 Å². The lowest BCUT2D eigenvalue weighted by Crippen LogP contribution is -1.99. The second-order valence-electron chi connectivity index (χ2n) is 3.61. The van der Waals surface area contributed by atoms with Gasteiger partial charge in [-0.3, -0.25) is 0 Å². The highest BCUT2D eigenvalue weighted by Crippen LogP contribution is 2.29. The van der Waals surface area contributed by atoms with Gasteiger partial charge in [0.1, 0.15) is 17.5 Å². The summed E-state index contributed by atoms with van der Waals surface area (Å²) in [5.41, 5.74) is 5.56. The van der Waals surface area contributed by atoms with E-state index >= 15 is 0 Å². The molecule has 1 nitrogen and oxygen atoms in total. The van der Waals surface area contributed by atoms with Gasteiger partial charge in [-0.05, 0) is 29.8 Å². The van der Waals surface area contributed by atoms with Crippen LogP contribution in [0.15, 0.2) is 36.4 Å². The lowest BCUT2D eigenvalue weighted by molar-refractivity contribution is 0.582. The van der Waals surface area contributed by atoms with E-state index in [0.29, 0.717) is 5.56 Å². The fourth-order valence-corrected chi connectivity index (χ4v) is 1.65. The van der Waals surface area contributed by atoms with Gasteiger partial charge in [0, 0.05) is 12.1 Å². The summed E-state index contributed by atoms with van der Waals surface area (Å²) in [7, 11) is 0. The summed E-state index contributed by atoms with van der Waals surface area (Å²) in [6, 6.07) is 7.41. The van der Waals surface area contributed by atoms with E-state index in [2.05, 4.69) is 0 Å². The molecule has 2 aromatic rings. The lowest BCUT2D eigenvalue weighted by Gasteiger charge is -2.08. The van der Waals surface area contributed by atoms with Crippen LogP contribution in [0, 0.1) is 17.5 Å². The van der Waals surface area contributed by atoms with Crippen LogP contribution in [0.25, 0.3) is 11.1 Å². The van der Waals surface area contributed by atoms with Gasteiger partial charge in [-0.1, -0.05) is 12.1 Å². The van der Waals surface area contributed by atoms with Gasteiger partial charge in [-0.2, -0.15) is 0 Å². The van der Waals surface area contributed by atoms with Crippen molar-refractivity contribution in [2.75, 3.05) is 0 Å².